The largest absolute Gasteiger partial charge is 0.349 e. The lowest BCUT2D eigenvalue weighted by Crippen LogP contribution is -2.46. The third-order valence-electron chi connectivity index (χ3n) is 4.51. The van der Waals surface area contributed by atoms with Gasteiger partial charge in [0.15, 0.2) is 0 Å². The highest BCUT2D eigenvalue weighted by molar-refractivity contribution is 7.14. The number of carbonyl (C=O) groups is 1. The Balaban J connectivity index is 1.65. The Morgan fingerprint density at radius 1 is 1.40 bits per heavy atom. The molecule has 3 atom stereocenters. The molecule has 20 heavy (non-hydrogen) atoms. The first-order valence-electron chi connectivity index (χ1n) is 7.77. The van der Waals surface area contributed by atoms with Gasteiger partial charge in [-0.25, -0.2) is 0 Å². The molecule has 0 spiro atoms. The number of amides is 1. The molecule has 0 aromatic carbocycles. The molecular weight excluding hydrogens is 268 g/mol. The minimum Gasteiger partial charge on any atom is -0.349 e. The number of aryl methyl sites for hydroxylation is 1. The van der Waals surface area contributed by atoms with Crippen molar-refractivity contribution in [2.45, 2.75) is 58.0 Å². The normalized spacial score (nSPS) is 29.8. The zero-order chi connectivity index (χ0) is 14.1. The lowest BCUT2D eigenvalue weighted by atomic mass is 9.90. The van der Waals surface area contributed by atoms with Crippen LogP contribution in [-0.2, 0) is 12.8 Å². The summed E-state index contributed by atoms with van der Waals surface area (Å²) in [5, 5.41) is 6.64. The Hall–Kier alpha value is -0.870. The van der Waals surface area contributed by atoms with Gasteiger partial charge in [0.05, 0.1) is 4.88 Å². The molecule has 1 fully saturated rings. The molecule has 3 rings (SSSR count). The fourth-order valence-corrected chi connectivity index (χ4v) is 4.45. The number of hydrogen-bond acceptors (Lipinski definition) is 3. The van der Waals surface area contributed by atoms with E-state index in [-0.39, 0.29) is 5.91 Å². The summed E-state index contributed by atoms with van der Waals surface area (Å²) in [5.41, 5.74) is 1.41. The van der Waals surface area contributed by atoms with Gasteiger partial charge in [-0.05, 0) is 63.1 Å². The second-order valence-electron chi connectivity index (χ2n) is 6.46. The van der Waals surface area contributed by atoms with Crippen LogP contribution >= 0.6 is 11.3 Å². The summed E-state index contributed by atoms with van der Waals surface area (Å²) in [6, 6.07) is 2.97. The van der Waals surface area contributed by atoms with Crippen LogP contribution in [0.2, 0.25) is 0 Å². The number of nitrogens with one attached hydrogen (secondary N) is 2. The topological polar surface area (TPSA) is 41.1 Å². The maximum absolute atomic E-state index is 12.4. The van der Waals surface area contributed by atoms with E-state index >= 15 is 0 Å². The molecule has 4 heteroatoms. The predicted octanol–water partition coefficient (Wildman–Crippen LogP) is 2.74. The van der Waals surface area contributed by atoms with Gasteiger partial charge in [0.1, 0.15) is 0 Å². The van der Waals surface area contributed by atoms with Crippen LogP contribution in [0.1, 0.15) is 53.2 Å². The van der Waals surface area contributed by atoms with E-state index in [2.05, 4.69) is 30.5 Å². The quantitative estimate of drug-likeness (QED) is 0.880. The van der Waals surface area contributed by atoms with Crippen molar-refractivity contribution in [3.05, 3.63) is 21.4 Å². The molecule has 1 aliphatic carbocycles. The molecule has 1 aliphatic heterocycles. The summed E-state index contributed by atoms with van der Waals surface area (Å²) in [6.45, 7) is 5.49. The summed E-state index contributed by atoms with van der Waals surface area (Å²) < 4.78 is 0. The van der Waals surface area contributed by atoms with E-state index in [0.29, 0.717) is 12.1 Å². The summed E-state index contributed by atoms with van der Waals surface area (Å²) in [4.78, 5) is 14.7. The molecule has 2 N–H and O–H groups in total. The van der Waals surface area contributed by atoms with Crippen LogP contribution in [0.15, 0.2) is 6.07 Å². The van der Waals surface area contributed by atoms with Crippen LogP contribution in [-0.4, -0.2) is 24.5 Å². The zero-order valence-corrected chi connectivity index (χ0v) is 13.2. The van der Waals surface area contributed by atoms with Gasteiger partial charge in [-0.1, -0.05) is 6.92 Å². The van der Waals surface area contributed by atoms with Crippen molar-refractivity contribution in [3.8, 4) is 0 Å². The first-order chi connectivity index (χ1) is 9.61. The van der Waals surface area contributed by atoms with Crippen LogP contribution in [0.3, 0.4) is 0 Å². The molecule has 1 amide bonds. The van der Waals surface area contributed by atoms with Crippen molar-refractivity contribution in [2.24, 2.45) is 5.92 Å². The van der Waals surface area contributed by atoms with E-state index in [1.165, 1.54) is 16.9 Å². The standard InChI is InChI=1S/C16H24N2OS/c1-10-3-4-14-12(7-10)9-15(20-14)16(19)18-13-5-6-17-11(2)8-13/h9-11,13,17H,3-8H2,1-2H3,(H,18,19). The second-order valence-corrected chi connectivity index (χ2v) is 7.59. The van der Waals surface area contributed by atoms with E-state index in [1.807, 2.05) is 0 Å². The van der Waals surface area contributed by atoms with Gasteiger partial charge >= 0.3 is 0 Å². The van der Waals surface area contributed by atoms with Gasteiger partial charge in [0, 0.05) is 17.0 Å². The van der Waals surface area contributed by atoms with E-state index in [1.54, 1.807) is 11.3 Å². The third kappa shape index (κ3) is 3.07. The van der Waals surface area contributed by atoms with Gasteiger partial charge in [-0.3, -0.25) is 4.79 Å². The van der Waals surface area contributed by atoms with Gasteiger partial charge in [0.2, 0.25) is 0 Å². The Labute approximate surface area is 125 Å². The maximum Gasteiger partial charge on any atom is 0.261 e. The highest BCUT2D eigenvalue weighted by Gasteiger charge is 2.24. The van der Waals surface area contributed by atoms with E-state index in [4.69, 9.17) is 0 Å². The molecule has 1 aromatic rings. The molecular formula is C16H24N2OS. The van der Waals surface area contributed by atoms with E-state index in [0.717, 1.165) is 43.0 Å². The molecule has 1 saturated heterocycles. The number of fused-ring (bicyclic) bond motifs is 1. The molecule has 3 nitrogen and oxygen atoms in total. The van der Waals surface area contributed by atoms with Crippen molar-refractivity contribution < 1.29 is 4.79 Å². The van der Waals surface area contributed by atoms with Crippen LogP contribution in [0, 0.1) is 5.92 Å². The maximum atomic E-state index is 12.4. The van der Waals surface area contributed by atoms with Crippen molar-refractivity contribution in [3.63, 3.8) is 0 Å². The van der Waals surface area contributed by atoms with Gasteiger partial charge in [0.25, 0.3) is 5.91 Å². The molecule has 2 aliphatic rings. The number of rotatable bonds is 2. The summed E-state index contributed by atoms with van der Waals surface area (Å²) in [5.74, 6) is 0.898. The van der Waals surface area contributed by atoms with Crippen LogP contribution < -0.4 is 10.6 Å². The molecule has 3 unspecified atom stereocenters. The minimum atomic E-state index is 0.135. The number of hydrogen-bond donors (Lipinski definition) is 2. The Morgan fingerprint density at radius 3 is 3.05 bits per heavy atom. The predicted molar refractivity (Wildman–Crippen MR) is 83.5 cm³/mol. The lowest BCUT2D eigenvalue weighted by Gasteiger charge is -2.28. The lowest BCUT2D eigenvalue weighted by molar-refractivity contribution is 0.0929. The number of piperidine rings is 1. The molecule has 1 aromatic heterocycles. The van der Waals surface area contributed by atoms with E-state index in [9.17, 15) is 4.79 Å². The molecule has 0 saturated carbocycles. The van der Waals surface area contributed by atoms with Gasteiger partial charge in [-0.2, -0.15) is 0 Å². The van der Waals surface area contributed by atoms with Gasteiger partial charge in [-0.15, -0.1) is 11.3 Å². The summed E-state index contributed by atoms with van der Waals surface area (Å²) in [6.07, 6.45) is 5.63. The van der Waals surface area contributed by atoms with Crippen LogP contribution in [0.5, 0.6) is 0 Å². The monoisotopic (exact) mass is 292 g/mol. The minimum absolute atomic E-state index is 0.135. The second kappa shape index (κ2) is 5.86. The Kier molecular flexibility index (Phi) is 4.13. The van der Waals surface area contributed by atoms with Crippen molar-refractivity contribution in [1.82, 2.24) is 10.6 Å². The average Bonchev–Trinajstić information content (AvgIpc) is 2.81. The van der Waals surface area contributed by atoms with Crippen LogP contribution in [0.4, 0.5) is 0 Å². The summed E-state index contributed by atoms with van der Waals surface area (Å²) in [7, 11) is 0. The smallest absolute Gasteiger partial charge is 0.261 e. The Bertz CT molecular complexity index is 497. The highest BCUT2D eigenvalue weighted by Crippen LogP contribution is 2.32. The van der Waals surface area contributed by atoms with E-state index < -0.39 is 0 Å². The molecule has 2 heterocycles. The summed E-state index contributed by atoms with van der Waals surface area (Å²) >= 11 is 1.71. The molecule has 0 bridgehead atoms. The van der Waals surface area contributed by atoms with Crippen LogP contribution in [0.25, 0.3) is 0 Å². The average molecular weight is 292 g/mol. The van der Waals surface area contributed by atoms with Gasteiger partial charge < -0.3 is 10.6 Å². The third-order valence-corrected chi connectivity index (χ3v) is 5.75. The number of thiophene rings is 1. The number of carbonyl (C=O) groups excluding carboxylic acids is 1. The van der Waals surface area contributed by atoms with Crippen molar-refractivity contribution in [1.29, 1.82) is 0 Å². The van der Waals surface area contributed by atoms with Crippen molar-refractivity contribution >= 4 is 17.2 Å². The zero-order valence-electron chi connectivity index (χ0n) is 12.4. The van der Waals surface area contributed by atoms with Crippen molar-refractivity contribution in [2.75, 3.05) is 6.54 Å². The SMILES string of the molecule is CC1CCc2sc(C(=O)NC3CCNC(C)C3)cc2C1. The first-order valence-corrected chi connectivity index (χ1v) is 8.59. The Morgan fingerprint density at radius 2 is 2.25 bits per heavy atom. The fourth-order valence-electron chi connectivity index (χ4n) is 3.34. The first kappa shape index (κ1) is 14.1. The molecule has 0 radical (unpaired) electrons. The fraction of sp³-hybridized carbons (Fsp3) is 0.688. The highest BCUT2D eigenvalue weighted by atomic mass is 32.1. The molecule has 110 valence electrons.